The van der Waals surface area contributed by atoms with Gasteiger partial charge in [0, 0.05) is 18.2 Å². The topological polar surface area (TPSA) is 98.1 Å². The molecule has 11 heteroatoms. The number of furan rings is 1. The molecule has 2 heterocycles. The van der Waals surface area contributed by atoms with E-state index in [1.807, 2.05) is 0 Å². The highest BCUT2D eigenvalue weighted by Gasteiger charge is 2.41. The SMILES string of the molecule is CCOC(=O)C1=C(C(=O)c2ccc(OC)cc2)[C@H](c2ccc(-c3cccc(C(F)(F)F)c3)o2)NC(=O)N1C. The molecule has 1 atom stereocenters. The number of carbonyl (C=O) groups is 3. The van der Waals surface area contributed by atoms with Gasteiger partial charge in [-0.05, 0) is 55.5 Å². The van der Waals surface area contributed by atoms with E-state index in [2.05, 4.69) is 5.32 Å². The second-order valence-electron chi connectivity index (χ2n) is 8.26. The molecule has 198 valence electrons. The third-order valence-corrected chi connectivity index (χ3v) is 5.90. The monoisotopic (exact) mass is 528 g/mol. The van der Waals surface area contributed by atoms with E-state index in [1.54, 1.807) is 19.1 Å². The fraction of sp³-hybridized carbons (Fsp3) is 0.222. The van der Waals surface area contributed by atoms with Crippen LogP contribution in [0, 0.1) is 0 Å². The third kappa shape index (κ3) is 5.13. The van der Waals surface area contributed by atoms with Crippen molar-refractivity contribution in [3.63, 3.8) is 0 Å². The van der Waals surface area contributed by atoms with Crippen LogP contribution in [-0.2, 0) is 15.7 Å². The molecule has 4 rings (SSSR count). The number of nitrogens with zero attached hydrogens (tertiary/aromatic N) is 1. The van der Waals surface area contributed by atoms with Crippen molar-refractivity contribution in [1.29, 1.82) is 0 Å². The van der Waals surface area contributed by atoms with Crippen molar-refractivity contribution < 1.29 is 41.4 Å². The lowest BCUT2D eigenvalue weighted by atomic mass is 9.91. The molecule has 2 amide bonds. The number of methoxy groups -OCH3 is 1. The number of ether oxygens (including phenoxy) is 2. The molecule has 0 fully saturated rings. The van der Waals surface area contributed by atoms with Crippen LogP contribution in [0.4, 0.5) is 18.0 Å². The van der Waals surface area contributed by atoms with Gasteiger partial charge in [0.25, 0.3) is 0 Å². The van der Waals surface area contributed by atoms with Crippen LogP contribution >= 0.6 is 0 Å². The predicted molar refractivity (Wildman–Crippen MR) is 129 cm³/mol. The highest BCUT2D eigenvalue weighted by Crippen LogP contribution is 2.37. The molecule has 0 saturated heterocycles. The number of alkyl halides is 3. The average molecular weight is 528 g/mol. The number of nitrogens with one attached hydrogen (secondary N) is 1. The van der Waals surface area contributed by atoms with Crippen LogP contribution in [0.2, 0.25) is 0 Å². The normalized spacial score (nSPS) is 15.8. The summed E-state index contributed by atoms with van der Waals surface area (Å²) in [5.74, 6) is -0.866. The molecule has 1 aliphatic rings. The van der Waals surface area contributed by atoms with Crippen molar-refractivity contribution >= 4 is 17.8 Å². The van der Waals surface area contributed by atoms with Crippen molar-refractivity contribution in [3.8, 4) is 17.1 Å². The van der Waals surface area contributed by atoms with Gasteiger partial charge in [-0.15, -0.1) is 0 Å². The zero-order chi connectivity index (χ0) is 27.6. The number of benzene rings is 2. The molecule has 1 N–H and O–H groups in total. The van der Waals surface area contributed by atoms with Crippen LogP contribution in [-0.4, -0.2) is 43.4 Å². The number of amides is 2. The molecule has 0 radical (unpaired) electrons. The minimum Gasteiger partial charge on any atom is -0.497 e. The smallest absolute Gasteiger partial charge is 0.416 e. The molecule has 0 aliphatic carbocycles. The number of halogens is 3. The fourth-order valence-corrected chi connectivity index (χ4v) is 4.02. The van der Waals surface area contributed by atoms with Crippen molar-refractivity contribution in [2.45, 2.75) is 19.1 Å². The molecule has 0 bridgehead atoms. The first-order chi connectivity index (χ1) is 18.0. The summed E-state index contributed by atoms with van der Waals surface area (Å²) in [6.45, 7) is 1.57. The van der Waals surface area contributed by atoms with Gasteiger partial charge < -0.3 is 19.2 Å². The summed E-state index contributed by atoms with van der Waals surface area (Å²) in [5.41, 5.74) is -0.927. The number of Topliss-reactive ketones (excluding diaryl/α,β-unsaturated/α-hetero) is 1. The van der Waals surface area contributed by atoms with E-state index in [4.69, 9.17) is 13.9 Å². The minimum absolute atomic E-state index is 0.00703. The number of esters is 1. The Morgan fingerprint density at radius 2 is 1.79 bits per heavy atom. The van der Waals surface area contributed by atoms with Gasteiger partial charge in [-0.2, -0.15) is 13.2 Å². The van der Waals surface area contributed by atoms with E-state index in [9.17, 15) is 27.6 Å². The molecule has 38 heavy (non-hydrogen) atoms. The second kappa shape index (κ2) is 10.4. The number of hydrogen-bond donors (Lipinski definition) is 1. The highest BCUT2D eigenvalue weighted by molar-refractivity contribution is 6.15. The van der Waals surface area contributed by atoms with Crippen LogP contribution in [0.15, 0.2) is 76.4 Å². The summed E-state index contributed by atoms with van der Waals surface area (Å²) in [6.07, 6.45) is -4.55. The van der Waals surface area contributed by atoms with Crippen LogP contribution in [0.1, 0.15) is 34.6 Å². The van der Waals surface area contributed by atoms with Gasteiger partial charge in [0.2, 0.25) is 0 Å². The third-order valence-electron chi connectivity index (χ3n) is 5.90. The van der Waals surface area contributed by atoms with Crippen molar-refractivity contribution in [3.05, 3.63) is 88.8 Å². The van der Waals surface area contributed by atoms with E-state index in [-0.39, 0.29) is 40.5 Å². The van der Waals surface area contributed by atoms with E-state index in [0.29, 0.717) is 5.75 Å². The lowest BCUT2D eigenvalue weighted by molar-refractivity contribution is -0.140. The first kappa shape index (κ1) is 26.5. The zero-order valence-corrected chi connectivity index (χ0v) is 20.6. The van der Waals surface area contributed by atoms with E-state index in [0.717, 1.165) is 17.0 Å². The maximum atomic E-state index is 13.7. The Hall–Kier alpha value is -4.54. The van der Waals surface area contributed by atoms with Crippen molar-refractivity contribution in [2.24, 2.45) is 0 Å². The van der Waals surface area contributed by atoms with Gasteiger partial charge in [-0.1, -0.05) is 12.1 Å². The molecular weight excluding hydrogens is 505 g/mol. The number of carbonyl (C=O) groups excluding carboxylic acids is 3. The first-order valence-electron chi connectivity index (χ1n) is 11.5. The van der Waals surface area contributed by atoms with Gasteiger partial charge in [0.1, 0.15) is 29.0 Å². The lowest BCUT2D eigenvalue weighted by Gasteiger charge is -2.32. The highest BCUT2D eigenvalue weighted by atomic mass is 19.4. The van der Waals surface area contributed by atoms with Crippen LogP contribution < -0.4 is 10.1 Å². The Morgan fingerprint density at radius 1 is 1.08 bits per heavy atom. The second-order valence-corrected chi connectivity index (χ2v) is 8.26. The molecule has 1 aromatic heterocycles. The number of ketones is 1. The number of rotatable bonds is 7. The van der Waals surface area contributed by atoms with Gasteiger partial charge in [0.15, 0.2) is 5.78 Å². The number of likely N-dealkylation sites (N-methyl/N-ethyl adjacent to an activating group) is 1. The molecular formula is C27H23F3N2O6. The van der Waals surface area contributed by atoms with E-state index < -0.39 is 35.6 Å². The maximum absolute atomic E-state index is 13.7. The minimum atomic E-state index is -4.55. The van der Waals surface area contributed by atoms with Crippen LogP contribution in [0.3, 0.4) is 0 Å². The lowest BCUT2D eigenvalue weighted by Crippen LogP contribution is -2.48. The van der Waals surface area contributed by atoms with Gasteiger partial charge in [-0.3, -0.25) is 9.69 Å². The largest absolute Gasteiger partial charge is 0.497 e. The fourth-order valence-electron chi connectivity index (χ4n) is 4.02. The zero-order valence-electron chi connectivity index (χ0n) is 20.6. The molecule has 2 aromatic carbocycles. The summed E-state index contributed by atoms with van der Waals surface area (Å²) in [5, 5.41) is 2.64. The van der Waals surface area contributed by atoms with E-state index >= 15 is 0 Å². The Kier molecular flexibility index (Phi) is 7.29. The Morgan fingerprint density at radius 3 is 2.42 bits per heavy atom. The number of hydrogen-bond acceptors (Lipinski definition) is 6. The Bertz CT molecular complexity index is 1410. The van der Waals surface area contributed by atoms with Gasteiger partial charge >= 0.3 is 18.2 Å². The Labute approximate surface area is 215 Å². The molecule has 1 aliphatic heterocycles. The van der Waals surface area contributed by atoms with E-state index in [1.165, 1.54) is 50.6 Å². The summed E-state index contributed by atoms with van der Waals surface area (Å²) in [4.78, 5) is 40.4. The first-order valence-corrected chi connectivity index (χ1v) is 11.5. The summed E-state index contributed by atoms with van der Waals surface area (Å²) in [6, 6.07) is 11.6. The summed E-state index contributed by atoms with van der Waals surface area (Å²) in [7, 11) is 2.79. The predicted octanol–water partition coefficient (Wildman–Crippen LogP) is 5.37. The van der Waals surface area contributed by atoms with Crippen LogP contribution in [0.5, 0.6) is 5.75 Å². The quantitative estimate of drug-likeness (QED) is 0.327. The van der Waals surface area contributed by atoms with Crippen LogP contribution in [0.25, 0.3) is 11.3 Å². The van der Waals surface area contributed by atoms with Crippen molar-refractivity contribution in [1.82, 2.24) is 10.2 Å². The standard InChI is InChI=1S/C27H23F3N2O6/c1-4-37-25(34)23-21(24(33)15-8-10-18(36-3)11-9-15)22(31-26(35)32(23)2)20-13-12-19(38-20)16-6-5-7-17(14-16)27(28,29)30/h5-14,22H,4H2,1-3H3,(H,31,35)/t22-/m0/s1. The van der Waals surface area contributed by atoms with Gasteiger partial charge in [0.05, 0.1) is 24.9 Å². The maximum Gasteiger partial charge on any atom is 0.416 e. The molecule has 8 nitrogen and oxygen atoms in total. The van der Waals surface area contributed by atoms with Gasteiger partial charge in [-0.25, -0.2) is 9.59 Å². The average Bonchev–Trinajstić information content (AvgIpc) is 3.39. The van der Waals surface area contributed by atoms with Crippen molar-refractivity contribution in [2.75, 3.05) is 20.8 Å². The Balaban J connectivity index is 1.83. The molecule has 0 saturated carbocycles. The molecule has 3 aromatic rings. The summed E-state index contributed by atoms with van der Waals surface area (Å²) >= 11 is 0. The number of urea groups is 1. The summed E-state index contributed by atoms with van der Waals surface area (Å²) < 4.78 is 55.7. The molecule has 0 spiro atoms. The molecule has 0 unspecified atom stereocenters.